The van der Waals surface area contributed by atoms with E-state index < -0.39 is 21.5 Å². The van der Waals surface area contributed by atoms with Gasteiger partial charge < -0.3 is 9.84 Å². The molecule has 16 heavy (non-hydrogen) atoms. The van der Waals surface area contributed by atoms with E-state index in [1.807, 2.05) is 0 Å². The van der Waals surface area contributed by atoms with Crippen molar-refractivity contribution in [1.29, 1.82) is 0 Å². The lowest BCUT2D eigenvalue weighted by Gasteiger charge is -2.09. The second-order valence-corrected chi connectivity index (χ2v) is 4.44. The van der Waals surface area contributed by atoms with E-state index >= 15 is 0 Å². The minimum atomic E-state index is -4.80. The lowest BCUT2D eigenvalue weighted by atomic mass is 10.3. The summed E-state index contributed by atoms with van der Waals surface area (Å²) in [6.07, 6.45) is 0. The molecule has 0 aliphatic rings. The van der Waals surface area contributed by atoms with Crippen molar-refractivity contribution in [2.45, 2.75) is 5.76 Å². The number of benzene rings is 1. The Morgan fingerprint density at radius 1 is 1.44 bits per heavy atom. The topological polar surface area (TPSA) is 75.6 Å². The Morgan fingerprint density at radius 2 is 2.06 bits per heavy atom. The molecule has 0 aliphatic heterocycles. The minimum Gasteiger partial charge on any atom is -0.506 e. The first-order valence-corrected chi connectivity index (χ1v) is 5.58. The Kier molecular flexibility index (Phi) is 3.53. The number of anilines is 1. The highest BCUT2D eigenvalue weighted by molar-refractivity contribution is 7.93. The van der Waals surface area contributed by atoms with Crippen molar-refractivity contribution in [3.05, 3.63) is 18.2 Å². The van der Waals surface area contributed by atoms with Crippen molar-refractivity contribution in [3.63, 3.8) is 0 Å². The maximum atomic E-state index is 12.0. The number of ether oxygens (including phenoxy) is 1. The highest BCUT2D eigenvalue weighted by atomic mass is 32.2. The predicted octanol–water partition coefficient (Wildman–Crippen LogP) is 1.37. The summed E-state index contributed by atoms with van der Waals surface area (Å²) in [7, 11) is -3.48. The zero-order valence-electron chi connectivity index (χ0n) is 8.15. The highest BCUT2D eigenvalue weighted by Gasteiger charge is 2.24. The van der Waals surface area contributed by atoms with E-state index in [0.29, 0.717) is 0 Å². The molecule has 5 nitrogen and oxygen atoms in total. The van der Waals surface area contributed by atoms with Crippen LogP contribution in [0.4, 0.5) is 14.5 Å². The first-order chi connectivity index (χ1) is 7.36. The number of sulfonamides is 1. The van der Waals surface area contributed by atoms with E-state index in [-0.39, 0.29) is 11.4 Å². The molecule has 90 valence electrons. The van der Waals surface area contributed by atoms with Crippen LogP contribution in [0.5, 0.6) is 11.5 Å². The van der Waals surface area contributed by atoms with Crippen molar-refractivity contribution in [2.24, 2.45) is 0 Å². The second kappa shape index (κ2) is 4.52. The van der Waals surface area contributed by atoms with E-state index in [2.05, 4.69) is 0 Å². The Morgan fingerprint density at radius 3 is 2.56 bits per heavy atom. The van der Waals surface area contributed by atoms with Crippen molar-refractivity contribution in [3.8, 4) is 11.5 Å². The summed E-state index contributed by atoms with van der Waals surface area (Å²) in [4.78, 5) is 0. The zero-order chi connectivity index (χ0) is 12.3. The van der Waals surface area contributed by atoms with Gasteiger partial charge in [-0.05, 0) is 12.1 Å². The number of alkyl halides is 2. The van der Waals surface area contributed by atoms with Crippen LogP contribution in [0.2, 0.25) is 0 Å². The van der Waals surface area contributed by atoms with Crippen LogP contribution in [-0.2, 0) is 10.0 Å². The Bertz CT molecular complexity index is 475. The van der Waals surface area contributed by atoms with Gasteiger partial charge in [-0.25, -0.2) is 8.42 Å². The molecule has 0 saturated heterocycles. The lowest BCUT2D eigenvalue weighted by molar-refractivity contribution is 0.236. The van der Waals surface area contributed by atoms with Gasteiger partial charge in [-0.15, -0.1) is 0 Å². The third-order valence-corrected chi connectivity index (χ3v) is 2.66. The fraction of sp³-hybridized carbons (Fsp3) is 0.250. The van der Waals surface area contributed by atoms with Crippen LogP contribution in [0.3, 0.4) is 0 Å². The molecule has 0 amide bonds. The van der Waals surface area contributed by atoms with Gasteiger partial charge in [0.2, 0.25) is 0 Å². The van der Waals surface area contributed by atoms with Crippen LogP contribution < -0.4 is 9.46 Å². The van der Waals surface area contributed by atoms with Crippen LogP contribution in [-0.4, -0.2) is 26.4 Å². The van der Waals surface area contributed by atoms with E-state index in [1.54, 1.807) is 4.72 Å². The number of aromatic hydroxyl groups is 1. The number of hydrogen-bond acceptors (Lipinski definition) is 4. The zero-order valence-corrected chi connectivity index (χ0v) is 8.96. The van der Waals surface area contributed by atoms with Gasteiger partial charge in [0, 0.05) is 6.07 Å². The Labute approximate surface area is 90.7 Å². The van der Waals surface area contributed by atoms with Crippen molar-refractivity contribution < 1.29 is 27.0 Å². The quantitative estimate of drug-likeness (QED) is 0.794. The standard InChI is InChI=1S/C8H9F2NO4S/c1-15-5-2-3-7(12)6(4-5)11-16(13,14)8(9)10/h2-4,8,11-12H,1H3. The first kappa shape index (κ1) is 12.5. The maximum Gasteiger partial charge on any atom is 0.355 e. The largest absolute Gasteiger partial charge is 0.506 e. The summed E-state index contributed by atoms with van der Waals surface area (Å²) < 4.78 is 52.1. The molecule has 0 unspecified atom stereocenters. The molecule has 1 aromatic rings. The summed E-state index contributed by atoms with van der Waals surface area (Å²) in [5.74, 6) is -3.81. The molecule has 0 atom stereocenters. The van der Waals surface area contributed by atoms with E-state index in [0.717, 1.165) is 12.1 Å². The Balaban J connectivity index is 3.06. The van der Waals surface area contributed by atoms with Gasteiger partial charge in [0.1, 0.15) is 11.5 Å². The molecule has 0 aromatic heterocycles. The minimum absolute atomic E-state index is 0.227. The van der Waals surface area contributed by atoms with Gasteiger partial charge in [-0.3, -0.25) is 4.72 Å². The molecule has 0 fully saturated rings. The average molecular weight is 253 g/mol. The third kappa shape index (κ3) is 2.72. The fourth-order valence-corrected chi connectivity index (χ4v) is 1.48. The molecule has 0 bridgehead atoms. The molecular weight excluding hydrogens is 244 g/mol. The molecular formula is C8H9F2NO4S. The molecule has 1 aromatic carbocycles. The third-order valence-electron chi connectivity index (χ3n) is 1.69. The number of rotatable bonds is 4. The number of halogens is 2. The number of hydrogen-bond donors (Lipinski definition) is 2. The summed E-state index contributed by atoms with van der Waals surface area (Å²) >= 11 is 0. The maximum absolute atomic E-state index is 12.0. The van der Waals surface area contributed by atoms with E-state index in [9.17, 15) is 22.3 Å². The number of nitrogens with one attached hydrogen (secondary N) is 1. The normalized spacial score (nSPS) is 11.5. The average Bonchev–Trinajstić information content (AvgIpc) is 2.21. The van der Waals surface area contributed by atoms with Crippen molar-refractivity contribution in [1.82, 2.24) is 0 Å². The SMILES string of the molecule is COc1ccc(O)c(NS(=O)(=O)C(F)F)c1. The molecule has 0 aliphatic carbocycles. The molecule has 0 saturated carbocycles. The van der Waals surface area contributed by atoms with E-state index in [1.165, 1.54) is 13.2 Å². The van der Waals surface area contributed by atoms with Gasteiger partial charge in [-0.1, -0.05) is 0 Å². The van der Waals surface area contributed by atoms with E-state index in [4.69, 9.17) is 4.74 Å². The molecule has 8 heteroatoms. The van der Waals surface area contributed by atoms with Crippen LogP contribution in [0.25, 0.3) is 0 Å². The summed E-state index contributed by atoms with van der Waals surface area (Å²) in [5, 5.41) is 9.25. The molecule has 2 N–H and O–H groups in total. The van der Waals surface area contributed by atoms with Gasteiger partial charge in [0.15, 0.2) is 0 Å². The molecule has 0 radical (unpaired) electrons. The predicted molar refractivity (Wildman–Crippen MR) is 53.2 cm³/mol. The van der Waals surface area contributed by atoms with Crippen molar-refractivity contribution in [2.75, 3.05) is 11.8 Å². The second-order valence-electron chi connectivity index (χ2n) is 2.79. The number of phenolic OH excluding ortho intramolecular Hbond substituents is 1. The highest BCUT2D eigenvalue weighted by Crippen LogP contribution is 2.29. The summed E-state index contributed by atoms with van der Waals surface area (Å²) in [6, 6.07) is 3.58. The van der Waals surface area contributed by atoms with Gasteiger partial charge >= 0.3 is 5.76 Å². The Hall–Kier alpha value is -1.57. The van der Waals surface area contributed by atoms with Gasteiger partial charge in [-0.2, -0.15) is 8.78 Å². The monoisotopic (exact) mass is 253 g/mol. The lowest BCUT2D eigenvalue weighted by Crippen LogP contribution is -2.20. The first-order valence-electron chi connectivity index (χ1n) is 4.03. The smallest absolute Gasteiger partial charge is 0.355 e. The van der Waals surface area contributed by atoms with Crippen LogP contribution in [0.1, 0.15) is 0 Å². The molecule has 0 heterocycles. The fourth-order valence-electron chi connectivity index (χ4n) is 0.922. The van der Waals surface area contributed by atoms with Crippen LogP contribution in [0.15, 0.2) is 18.2 Å². The number of methoxy groups -OCH3 is 1. The molecule has 0 spiro atoms. The van der Waals surface area contributed by atoms with Gasteiger partial charge in [0.25, 0.3) is 10.0 Å². The summed E-state index contributed by atoms with van der Waals surface area (Å²) in [5.41, 5.74) is -0.361. The van der Waals surface area contributed by atoms with Crippen LogP contribution in [0, 0.1) is 0 Å². The number of phenols is 1. The van der Waals surface area contributed by atoms with Crippen LogP contribution >= 0.6 is 0 Å². The van der Waals surface area contributed by atoms with Gasteiger partial charge in [0.05, 0.1) is 12.8 Å². The molecule has 1 rings (SSSR count). The summed E-state index contributed by atoms with van der Waals surface area (Å²) in [6.45, 7) is 0. The van der Waals surface area contributed by atoms with Crippen molar-refractivity contribution >= 4 is 15.7 Å².